The van der Waals surface area contributed by atoms with Gasteiger partial charge in [-0.3, -0.25) is 0 Å². The van der Waals surface area contributed by atoms with E-state index in [2.05, 4.69) is 31.0 Å². The van der Waals surface area contributed by atoms with Gasteiger partial charge >= 0.3 is 0 Å². The van der Waals surface area contributed by atoms with Crippen LogP contribution in [0.25, 0.3) is 0 Å². The lowest BCUT2D eigenvalue weighted by Gasteiger charge is -2.13. The quantitative estimate of drug-likeness (QED) is 0.486. The van der Waals surface area contributed by atoms with Crippen LogP contribution in [0.3, 0.4) is 0 Å². The van der Waals surface area contributed by atoms with Crippen molar-refractivity contribution in [3.8, 4) is 11.5 Å². The first-order valence-corrected chi connectivity index (χ1v) is 7.52. The van der Waals surface area contributed by atoms with Gasteiger partial charge in [0.15, 0.2) is 11.5 Å². The number of ether oxygens (including phenoxy) is 2. The van der Waals surface area contributed by atoms with Gasteiger partial charge in [0.05, 0.1) is 6.61 Å². The second-order valence-corrected chi connectivity index (χ2v) is 4.70. The summed E-state index contributed by atoms with van der Waals surface area (Å²) in [6, 6.07) is 6.10. The molecule has 0 saturated heterocycles. The molecule has 120 valence electrons. The molecule has 0 unspecified atom stereocenters. The molecule has 0 bridgehead atoms. The van der Waals surface area contributed by atoms with Crippen molar-refractivity contribution in [2.75, 3.05) is 19.8 Å². The summed E-state index contributed by atoms with van der Waals surface area (Å²) < 4.78 is 11.2. The summed E-state index contributed by atoms with van der Waals surface area (Å²) in [5.74, 6) is 1.59. The summed E-state index contributed by atoms with van der Waals surface area (Å²) in [5.41, 5.74) is 1.22. The molecule has 0 saturated carbocycles. The molecule has 0 amide bonds. The first-order chi connectivity index (χ1) is 9.81. The Bertz CT molecular complexity index is 396. The average Bonchev–Trinajstić information content (AvgIpc) is 2.46. The molecule has 0 aliphatic heterocycles. The molecule has 0 aromatic heterocycles. The van der Waals surface area contributed by atoms with Crippen molar-refractivity contribution in [1.82, 2.24) is 5.32 Å². The second-order valence-electron chi connectivity index (χ2n) is 4.70. The summed E-state index contributed by atoms with van der Waals surface area (Å²) in [5, 5.41) is 3.46. The van der Waals surface area contributed by atoms with Gasteiger partial charge in [0.1, 0.15) is 6.61 Å². The predicted molar refractivity (Wildman–Crippen MR) is 91.8 cm³/mol. The van der Waals surface area contributed by atoms with Crippen LogP contribution in [0.15, 0.2) is 30.9 Å². The fourth-order valence-electron chi connectivity index (χ4n) is 1.93. The van der Waals surface area contributed by atoms with Gasteiger partial charge in [0, 0.05) is 6.54 Å². The van der Waals surface area contributed by atoms with Crippen LogP contribution >= 0.6 is 12.4 Å². The van der Waals surface area contributed by atoms with E-state index in [1.165, 1.54) is 24.8 Å². The smallest absolute Gasteiger partial charge is 0.161 e. The minimum absolute atomic E-state index is 0. The summed E-state index contributed by atoms with van der Waals surface area (Å²) in [7, 11) is 0. The van der Waals surface area contributed by atoms with Crippen LogP contribution in [0.5, 0.6) is 11.5 Å². The maximum Gasteiger partial charge on any atom is 0.161 e. The maximum absolute atomic E-state index is 5.63. The van der Waals surface area contributed by atoms with Crippen molar-refractivity contribution in [3.63, 3.8) is 0 Å². The Hall–Kier alpha value is -1.19. The highest BCUT2D eigenvalue weighted by Crippen LogP contribution is 2.28. The highest BCUT2D eigenvalue weighted by Gasteiger charge is 2.06. The highest BCUT2D eigenvalue weighted by atomic mass is 35.5. The highest BCUT2D eigenvalue weighted by molar-refractivity contribution is 5.85. The van der Waals surface area contributed by atoms with E-state index in [0.29, 0.717) is 13.2 Å². The number of hydrogen-bond acceptors (Lipinski definition) is 3. The first-order valence-electron chi connectivity index (χ1n) is 7.52. The predicted octanol–water partition coefficient (Wildman–Crippen LogP) is 4.35. The molecule has 0 radical (unpaired) electrons. The Labute approximate surface area is 135 Å². The van der Waals surface area contributed by atoms with E-state index in [4.69, 9.17) is 9.47 Å². The summed E-state index contributed by atoms with van der Waals surface area (Å²) in [6.07, 6.45) is 5.51. The Morgan fingerprint density at radius 1 is 1.14 bits per heavy atom. The van der Waals surface area contributed by atoms with Crippen molar-refractivity contribution in [2.45, 2.75) is 39.7 Å². The SMILES string of the molecule is C=CCOc1ccc(CNCCCCC)cc1OCC.Cl. The molecule has 0 fully saturated rings. The van der Waals surface area contributed by atoms with Crippen molar-refractivity contribution in [2.24, 2.45) is 0 Å². The van der Waals surface area contributed by atoms with Gasteiger partial charge in [-0.05, 0) is 37.6 Å². The lowest BCUT2D eigenvalue weighted by atomic mass is 10.2. The minimum Gasteiger partial charge on any atom is -0.490 e. The van der Waals surface area contributed by atoms with Crippen molar-refractivity contribution >= 4 is 12.4 Å². The molecular formula is C17H28ClNO2. The van der Waals surface area contributed by atoms with Crippen LogP contribution in [0.4, 0.5) is 0 Å². The van der Waals surface area contributed by atoms with Crippen molar-refractivity contribution in [1.29, 1.82) is 0 Å². The maximum atomic E-state index is 5.63. The van der Waals surface area contributed by atoms with E-state index in [1.807, 2.05) is 13.0 Å². The fraction of sp³-hybridized carbons (Fsp3) is 0.529. The number of rotatable bonds is 11. The lowest BCUT2D eigenvalue weighted by molar-refractivity contribution is 0.296. The first kappa shape index (κ1) is 19.8. The second kappa shape index (κ2) is 12.5. The third-order valence-electron chi connectivity index (χ3n) is 2.95. The van der Waals surface area contributed by atoms with Gasteiger partial charge < -0.3 is 14.8 Å². The van der Waals surface area contributed by atoms with Gasteiger partial charge in [-0.1, -0.05) is 38.5 Å². The molecule has 0 aliphatic carbocycles. The molecular weight excluding hydrogens is 286 g/mol. The molecule has 1 N–H and O–H groups in total. The number of unbranched alkanes of at least 4 members (excludes halogenated alkanes) is 2. The molecule has 1 rings (SSSR count). The summed E-state index contributed by atoms with van der Waals surface area (Å²) >= 11 is 0. The van der Waals surface area contributed by atoms with Crippen molar-refractivity contribution in [3.05, 3.63) is 36.4 Å². The van der Waals surface area contributed by atoms with Gasteiger partial charge in [-0.25, -0.2) is 0 Å². The summed E-state index contributed by atoms with van der Waals surface area (Å²) in [6.45, 7) is 10.9. The van der Waals surface area contributed by atoms with Gasteiger partial charge in [0.2, 0.25) is 0 Å². The van der Waals surface area contributed by atoms with Crippen LogP contribution in [0, 0.1) is 0 Å². The van der Waals surface area contributed by atoms with E-state index in [9.17, 15) is 0 Å². The standard InChI is InChI=1S/C17H27NO2.ClH/c1-4-7-8-11-18-14-15-9-10-16(20-12-5-2)17(13-15)19-6-3;/h5,9-10,13,18H,2,4,6-8,11-12,14H2,1,3H3;1H. The zero-order chi connectivity index (χ0) is 14.6. The monoisotopic (exact) mass is 313 g/mol. The Morgan fingerprint density at radius 2 is 1.95 bits per heavy atom. The van der Waals surface area contributed by atoms with Crippen LogP contribution < -0.4 is 14.8 Å². The Morgan fingerprint density at radius 3 is 2.62 bits per heavy atom. The molecule has 0 aliphatic rings. The van der Waals surface area contributed by atoms with Gasteiger partial charge in [-0.2, -0.15) is 0 Å². The zero-order valence-corrected chi connectivity index (χ0v) is 14.0. The lowest BCUT2D eigenvalue weighted by Crippen LogP contribution is -2.14. The van der Waals surface area contributed by atoms with Gasteiger partial charge in [0.25, 0.3) is 0 Å². The molecule has 4 heteroatoms. The molecule has 1 aromatic rings. The van der Waals surface area contributed by atoms with Crippen LogP contribution in [0.2, 0.25) is 0 Å². The van der Waals surface area contributed by atoms with Crippen LogP contribution in [-0.4, -0.2) is 19.8 Å². The number of benzene rings is 1. The largest absolute Gasteiger partial charge is 0.490 e. The van der Waals surface area contributed by atoms with E-state index in [-0.39, 0.29) is 12.4 Å². The van der Waals surface area contributed by atoms with Crippen LogP contribution in [0.1, 0.15) is 38.7 Å². The van der Waals surface area contributed by atoms with Gasteiger partial charge in [-0.15, -0.1) is 12.4 Å². The third-order valence-corrected chi connectivity index (χ3v) is 2.95. The molecule has 3 nitrogen and oxygen atoms in total. The third kappa shape index (κ3) is 7.98. The molecule has 21 heavy (non-hydrogen) atoms. The Kier molecular flexibility index (Phi) is 11.8. The molecule has 0 atom stereocenters. The number of nitrogens with one attached hydrogen (secondary N) is 1. The average molecular weight is 314 g/mol. The minimum atomic E-state index is 0. The molecule has 0 spiro atoms. The van der Waals surface area contributed by atoms with Crippen LogP contribution in [-0.2, 0) is 6.54 Å². The number of halogens is 1. The van der Waals surface area contributed by atoms with E-state index in [1.54, 1.807) is 6.08 Å². The summed E-state index contributed by atoms with van der Waals surface area (Å²) in [4.78, 5) is 0. The molecule has 0 heterocycles. The molecule has 1 aromatic carbocycles. The van der Waals surface area contributed by atoms with Crippen molar-refractivity contribution < 1.29 is 9.47 Å². The number of hydrogen-bond donors (Lipinski definition) is 1. The topological polar surface area (TPSA) is 30.5 Å². The van der Waals surface area contributed by atoms with E-state index in [0.717, 1.165) is 24.6 Å². The normalized spacial score (nSPS) is 9.81. The zero-order valence-electron chi connectivity index (χ0n) is 13.2. The fourth-order valence-corrected chi connectivity index (χ4v) is 1.93. The Balaban J connectivity index is 0.00000400. The van der Waals surface area contributed by atoms with E-state index < -0.39 is 0 Å². The van der Waals surface area contributed by atoms with E-state index >= 15 is 0 Å².